The molecule has 0 heterocycles. The second-order valence-electron chi connectivity index (χ2n) is 2.60. The Bertz CT molecular complexity index is 153. The maximum absolute atomic E-state index is 10.8. The first-order valence-electron chi connectivity index (χ1n) is 3.32. The van der Waals surface area contributed by atoms with Crippen LogP contribution < -0.4 is 0 Å². The molecule has 1 amide bonds. The van der Waals surface area contributed by atoms with Crippen LogP contribution in [0.4, 0.5) is 4.79 Å². The van der Waals surface area contributed by atoms with E-state index in [0.717, 1.165) is 0 Å². The van der Waals surface area contributed by atoms with Gasteiger partial charge in [-0.3, -0.25) is 4.90 Å². The summed E-state index contributed by atoms with van der Waals surface area (Å²) < 4.78 is 4.14. The Hall–Kier alpha value is -0.850. The number of aliphatic hydroxyl groups is 3. The molecule has 0 saturated heterocycles. The van der Waals surface area contributed by atoms with Crippen LogP contribution in [0, 0.1) is 0 Å². The van der Waals surface area contributed by atoms with Gasteiger partial charge in [-0.15, -0.1) is 0 Å². The third-order valence-corrected chi connectivity index (χ3v) is 1.21. The number of rotatable bonds is 3. The summed E-state index contributed by atoms with van der Waals surface area (Å²) in [6.45, 7) is 1.15. The van der Waals surface area contributed by atoms with Gasteiger partial charge in [0.25, 0.3) is 0 Å². The number of hydrogen-bond acceptors (Lipinski definition) is 5. The minimum atomic E-state index is -1.51. The summed E-state index contributed by atoms with van der Waals surface area (Å²) in [5, 5.41) is 26.1. The topological polar surface area (TPSA) is 90.2 Å². The number of aliphatic hydroxyl groups excluding tert-OH is 2. The largest absolute Gasteiger partial charge is 0.422 e. The molecule has 0 radical (unpaired) electrons. The van der Waals surface area contributed by atoms with Crippen molar-refractivity contribution in [1.29, 1.82) is 0 Å². The standard InChI is InChI=1S/C6H13NO5/c1-6(2,11)7(3-8)5(10)12-4-9/h8-9,11H,3-4H2,1-2H3. The van der Waals surface area contributed by atoms with E-state index < -0.39 is 25.3 Å². The Morgan fingerprint density at radius 2 is 2.00 bits per heavy atom. The molecule has 6 heteroatoms. The molecule has 0 aromatic heterocycles. The molecule has 3 N–H and O–H groups in total. The first kappa shape index (κ1) is 11.2. The van der Waals surface area contributed by atoms with Crippen LogP contribution in [0.25, 0.3) is 0 Å². The van der Waals surface area contributed by atoms with E-state index >= 15 is 0 Å². The second kappa shape index (κ2) is 4.24. The highest BCUT2D eigenvalue weighted by Gasteiger charge is 2.28. The average Bonchev–Trinajstić information content (AvgIpc) is 1.85. The summed E-state index contributed by atoms with van der Waals surface area (Å²) in [6, 6.07) is 0. The maximum atomic E-state index is 10.8. The molecule has 0 aliphatic rings. The number of hydrogen-bond donors (Lipinski definition) is 3. The molecule has 0 aromatic carbocycles. The lowest BCUT2D eigenvalue weighted by Crippen LogP contribution is -2.48. The summed E-state index contributed by atoms with van der Waals surface area (Å²) in [7, 11) is 0. The summed E-state index contributed by atoms with van der Waals surface area (Å²) >= 11 is 0. The normalized spacial score (nSPS) is 11.1. The lowest BCUT2D eigenvalue weighted by Gasteiger charge is -2.30. The Morgan fingerprint density at radius 1 is 1.50 bits per heavy atom. The zero-order valence-corrected chi connectivity index (χ0v) is 7.02. The van der Waals surface area contributed by atoms with E-state index in [1.165, 1.54) is 13.8 Å². The van der Waals surface area contributed by atoms with Crippen LogP contribution in [-0.2, 0) is 4.74 Å². The molecule has 0 bridgehead atoms. The van der Waals surface area contributed by atoms with Crippen LogP contribution >= 0.6 is 0 Å². The van der Waals surface area contributed by atoms with Crippen LogP contribution in [0.5, 0.6) is 0 Å². The van der Waals surface area contributed by atoms with Gasteiger partial charge in [-0.2, -0.15) is 0 Å². The molecule has 6 nitrogen and oxygen atoms in total. The lowest BCUT2D eigenvalue weighted by atomic mass is 10.3. The third kappa shape index (κ3) is 3.04. The maximum Gasteiger partial charge on any atom is 0.415 e. The van der Waals surface area contributed by atoms with Crippen molar-refractivity contribution in [3.63, 3.8) is 0 Å². The summed E-state index contributed by atoms with van der Waals surface area (Å²) in [4.78, 5) is 11.5. The average molecular weight is 179 g/mol. The predicted molar refractivity (Wildman–Crippen MR) is 38.8 cm³/mol. The van der Waals surface area contributed by atoms with Gasteiger partial charge in [0, 0.05) is 0 Å². The summed E-state index contributed by atoms with van der Waals surface area (Å²) in [5.74, 6) is 0. The molecular formula is C6H13NO5. The van der Waals surface area contributed by atoms with Crippen LogP contribution in [0.1, 0.15) is 13.8 Å². The second-order valence-corrected chi connectivity index (χ2v) is 2.60. The van der Waals surface area contributed by atoms with Gasteiger partial charge in [0.15, 0.2) is 6.79 Å². The van der Waals surface area contributed by atoms with E-state index in [1.54, 1.807) is 0 Å². The summed E-state index contributed by atoms with van der Waals surface area (Å²) in [6.07, 6.45) is -0.979. The Kier molecular flexibility index (Phi) is 3.94. The number of ether oxygens (including phenoxy) is 1. The van der Waals surface area contributed by atoms with Crippen LogP contribution in [0.15, 0.2) is 0 Å². The van der Waals surface area contributed by atoms with Gasteiger partial charge in [-0.25, -0.2) is 4.79 Å². The quantitative estimate of drug-likeness (QED) is 0.486. The smallest absolute Gasteiger partial charge is 0.415 e. The molecule has 0 rings (SSSR count). The fraction of sp³-hybridized carbons (Fsp3) is 0.833. The third-order valence-electron chi connectivity index (χ3n) is 1.21. The van der Waals surface area contributed by atoms with Crippen molar-refractivity contribution in [2.24, 2.45) is 0 Å². The van der Waals surface area contributed by atoms with Crippen molar-refractivity contribution >= 4 is 6.09 Å². The Balaban J connectivity index is 4.25. The molecule has 12 heavy (non-hydrogen) atoms. The van der Waals surface area contributed by atoms with Gasteiger partial charge in [-0.1, -0.05) is 0 Å². The van der Waals surface area contributed by atoms with Crippen molar-refractivity contribution in [3.8, 4) is 0 Å². The van der Waals surface area contributed by atoms with Crippen LogP contribution in [0.3, 0.4) is 0 Å². The number of amides is 1. The molecule has 0 saturated carbocycles. The van der Waals surface area contributed by atoms with Gasteiger partial charge in [0.1, 0.15) is 12.5 Å². The van der Waals surface area contributed by atoms with E-state index in [1.807, 2.05) is 0 Å². The molecule has 0 unspecified atom stereocenters. The zero-order chi connectivity index (χ0) is 9.78. The molecule has 0 atom stereocenters. The van der Waals surface area contributed by atoms with E-state index in [2.05, 4.69) is 4.74 Å². The fourth-order valence-corrected chi connectivity index (χ4v) is 0.587. The van der Waals surface area contributed by atoms with E-state index in [-0.39, 0.29) is 0 Å². The van der Waals surface area contributed by atoms with Gasteiger partial charge in [0.05, 0.1) is 0 Å². The Labute approximate surface area is 70.0 Å². The van der Waals surface area contributed by atoms with Crippen molar-refractivity contribution in [1.82, 2.24) is 4.90 Å². The minimum absolute atomic E-state index is 0.656. The molecule has 72 valence electrons. The Morgan fingerprint density at radius 3 is 2.25 bits per heavy atom. The molecule has 0 aliphatic heterocycles. The molecule has 0 spiro atoms. The zero-order valence-electron chi connectivity index (χ0n) is 7.02. The van der Waals surface area contributed by atoms with E-state index in [4.69, 9.17) is 10.2 Å². The number of carbonyl (C=O) groups is 1. The predicted octanol–water partition coefficient (Wildman–Crippen LogP) is -0.947. The molecule has 0 aromatic rings. The van der Waals surface area contributed by atoms with Gasteiger partial charge >= 0.3 is 6.09 Å². The monoisotopic (exact) mass is 179 g/mol. The minimum Gasteiger partial charge on any atom is -0.422 e. The number of nitrogens with zero attached hydrogens (tertiary/aromatic N) is 1. The first-order chi connectivity index (χ1) is 5.43. The van der Waals surface area contributed by atoms with Crippen LogP contribution in [0.2, 0.25) is 0 Å². The fourth-order valence-electron chi connectivity index (χ4n) is 0.587. The van der Waals surface area contributed by atoms with Crippen molar-refractivity contribution in [2.75, 3.05) is 13.5 Å². The van der Waals surface area contributed by atoms with E-state index in [0.29, 0.717) is 4.90 Å². The molecule has 0 fully saturated rings. The molecule has 0 aliphatic carbocycles. The van der Waals surface area contributed by atoms with Gasteiger partial charge in [-0.05, 0) is 13.8 Å². The highest BCUT2D eigenvalue weighted by molar-refractivity contribution is 5.67. The first-order valence-corrected chi connectivity index (χ1v) is 3.32. The highest BCUT2D eigenvalue weighted by atomic mass is 16.6. The SMILES string of the molecule is CC(C)(O)N(CO)C(=O)OCO. The lowest BCUT2D eigenvalue weighted by molar-refractivity contribution is -0.107. The van der Waals surface area contributed by atoms with E-state index in [9.17, 15) is 9.90 Å². The summed E-state index contributed by atoms with van der Waals surface area (Å²) in [5.41, 5.74) is -1.51. The van der Waals surface area contributed by atoms with Crippen molar-refractivity contribution in [2.45, 2.75) is 19.6 Å². The van der Waals surface area contributed by atoms with Crippen molar-refractivity contribution in [3.05, 3.63) is 0 Å². The van der Waals surface area contributed by atoms with Gasteiger partial charge in [0.2, 0.25) is 0 Å². The van der Waals surface area contributed by atoms with Crippen LogP contribution in [-0.4, -0.2) is 45.6 Å². The highest BCUT2D eigenvalue weighted by Crippen LogP contribution is 2.10. The molecular weight excluding hydrogens is 166 g/mol. The number of carbonyl (C=O) groups excluding carboxylic acids is 1. The van der Waals surface area contributed by atoms with Crippen molar-refractivity contribution < 1.29 is 24.9 Å². The van der Waals surface area contributed by atoms with Gasteiger partial charge < -0.3 is 20.1 Å².